The zero-order valence-electron chi connectivity index (χ0n) is 10.1. The number of methoxy groups -OCH3 is 4. The molecule has 1 fully saturated rings. The Morgan fingerprint density at radius 1 is 0.938 bits per heavy atom. The quantitative estimate of drug-likeness (QED) is 0.687. The summed E-state index contributed by atoms with van der Waals surface area (Å²) in [6, 6.07) is 0. The minimum Gasteiger partial charge on any atom is -0.382 e. The normalized spacial score (nSPS) is 39.9. The number of aliphatic hydroxyl groups excluding tert-OH is 1. The maximum atomic E-state index is 9.74. The first-order chi connectivity index (χ1) is 7.69. The van der Waals surface area contributed by atoms with Crippen molar-refractivity contribution in [2.24, 2.45) is 0 Å². The molecular formula is C10H20O6. The SMILES string of the molecule is COC[C@@H]1O[C@@H](O)[C@H](OC)[C@H](OC)[C@H]1OC. The summed E-state index contributed by atoms with van der Waals surface area (Å²) in [5.41, 5.74) is 0. The molecule has 0 bridgehead atoms. The highest BCUT2D eigenvalue weighted by atomic mass is 16.7. The van der Waals surface area contributed by atoms with E-state index in [1.54, 1.807) is 21.3 Å². The average molecular weight is 236 g/mol. The molecule has 0 unspecified atom stereocenters. The molecule has 0 amide bonds. The third-order valence-corrected chi connectivity index (χ3v) is 2.76. The molecule has 0 saturated carbocycles. The summed E-state index contributed by atoms with van der Waals surface area (Å²) in [4.78, 5) is 0. The summed E-state index contributed by atoms with van der Waals surface area (Å²) >= 11 is 0. The summed E-state index contributed by atoms with van der Waals surface area (Å²) in [7, 11) is 6.16. The number of hydrogen-bond donors (Lipinski definition) is 1. The van der Waals surface area contributed by atoms with E-state index in [0.29, 0.717) is 6.61 Å². The molecule has 5 atom stereocenters. The summed E-state index contributed by atoms with van der Waals surface area (Å²) in [6.45, 7) is 0.325. The first-order valence-electron chi connectivity index (χ1n) is 5.10. The van der Waals surface area contributed by atoms with E-state index in [1.165, 1.54) is 7.11 Å². The minimum absolute atomic E-state index is 0.325. The van der Waals surface area contributed by atoms with Crippen LogP contribution >= 0.6 is 0 Å². The Kier molecular flexibility index (Phi) is 5.60. The maximum Gasteiger partial charge on any atom is 0.184 e. The lowest BCUT2D eigenvalue weighted by molar-refractivity contribution is -0.300. The molecule has 0 radical (unpaired) electrons. The highest BCUT2D eigenvalue weighted by molar-refractivity contribution is 4.91. The van der Waals surface area contributed by atoms with Crippen LogP contribution in [0.15, 0.2) is 0 Å². The van der Waals surface area contributed by atoms with Crippen LogP contribution < -0.4 is 0 Å². The predicted molar refractivity (Wildman–Crippen MR) is 55.1 cm³/mol. The van der Waals surface area contributed by atoms with Gasteiger partial charge < -0.3 is 28.8 Å². The number of ether oxygens (including phenoxy) is 5. The summed E-state index contributed by atoms with van der Waals surface area (Å²) < 4.78 is 26.1. The molecule has 1 saturated heterocycles. The van der Waals surface area contributed by atoms with Crippen molar-refractivity contribution in [3.63, 3.8) is 0 Å². The topological polar surface area (TPSA) is 66.4 Å². The lowest BCUT2D eigenvalue weighted by Gasteiger charge is -2.42. The molecule has 0 aromatic rings. The van der Waals surface area contributed by atoms with Crippen LogP contribution in [0.1, 0.15) is 0 Å². The van der Waals surface area contributed by atoms with Crippen molar-refractivity contribution in [2.75, 3.05) is 35.0 Å². The molecule has 1 N–H and O–H groups in total. The predicted octanol–water partition coefficient (Wildman–Crippen LogP) is -0.605. The van der Waals surface area contributed by atoms with Crippen LogP contribution in [0.4, 0.5) is 0 Å². The standard InChI is InChI=1S/C10H20O6/c1-12-5-6-7(13-2)8(14-3)9(15-4)10(11)16-6/h6-11H,5H2,1-4H3/t6-,7-,8+,9+,10+/m0/s1. The van der Waals surface area contributed by atoms with Crippen molar-refractivity contribution >= 4 is 0 Å². The number of rotatable bonds is 5. The maximum absolute atomic E-state index is 9.74. The number of hydrogen-bond acceptors (Lipinski definition) is 6. The van der Waals surface area contributed by atoms with Crippen molar-refractivity contribution in [2.45, 2.75) is 30.7 Å². The van der Waals surface area contributed by atoms with Gasteiger partial charge in [0, 0.05) is 28.4 Å². The van der Waals surface area contributed by atoms with Crippen molar-refractivity contribution in [3.8, 4) is 0 Å². The molecule has 6 heteroatoms. The Balaban J connectivity index is 2.78. The second-order valence-corrected chi connectivity index (χ2v) is 3.62. The van der Waals surface area contributed by atoms with Crippen LogP contribution in [0.2, 0.25) is 0 Å². The van der Waals surface area contributed by atoms with E-state index in [-0.39, 0.29) is 18.3 Å². The molecule has 0 spiro atoms. The van der Waals surface area contributed by atoms with Crippen molar-refractivity contribution in [1.29, 1.82) is 0 Å². The van der Waals surface area contributed by atoms with Gasteiger partial charge >= 0.3 is 0 Å². The van der Waals surface area contributed by atoms with Gasteiger partial charge in [0.15, 0.2) is 6.29 Å². The van der Waals surface area contributed by atoms with Gasteiger partial charge in [0.25, 0.3) is 0 Å². The van der Waals surface area contributed by atoms with Gasteiger partial charge in [0.2, 0.25) is 0 Å². The van der Waals surface area contributed by atoms with Gasteiger partial charge in [0.1, 0.15) is 24.4 Å². The second kappa shape index (κ2) is 6.48. The molecule has 0 aliphatic carbocycles. The molecule has 96 valence electrons. The van der Waals surface area contributed by atoms with Crippen LogP contribution in [0.5, 0.6) is 0 Å². The smallest absolute Gasteiger partial charge is 0.184 e. The van der Waals surface area contributed by atoms with Gasteiger partial charge in [-0.1, -0.05) is 0 Å². The van der Waals surface area contributed by atoms with Crippen LogP contribution in [0, 0.1) is 0 Å². The van der Waals surface area contributed by atoms with E-state index >= 15 is 0 Å². The van der Waals surface area contributed by atoms with Gasteiger partial charge in [-0.25, -0.2) is 0 Å². The fourth-order valence-electron chi connectivity index (χ4n) is 2.00. The fraction of sp³-hybridized carbons (Fsp3) is 1.00. The molecule has 1 rings (SSSR count). The lowest BCUT2D eigenvalue weighted by Crippen LogP contribution is -2.60. The fourth-order valence-corrected chi connectivity index (χ4v) is 2.00. The third-order valence-electron chi connectivity index (χ3n) is 2.76. The summed E-state index contributed by atoms with van der Waals surface area (Å²) in [5, 5.41) is 9.74. The monoisotopic (exact) mass is 236 g/mol. The average Bonchev–Trinajstić information content (AvgIpc) is 2.28. The Morgan fingerprint density at radius 2 is 1.50 bits per heavy atom. The Labute approximate surface area is 95.4 Å². The first kappa shape index (κ1) is 13.8. The summed E-state index contributed by atoms with van der Waals surface area (Å²) in [5.74, 6) is 0. The van der Waals surface area contributed by atoms with Crippen molar-refractivity contribution < 1.29 is 28.8 Å². The largest absolute Gasteiger partial charge is 0.382 e. The Bertz CT molecular complexity index is 200. The molecule has 0 aromatic carbocycles. The van der Waals surface area contributed by atoms with E-state index in [1.807, 2.05) is 0 Å². The van der Waals surface area contributed by atoms with Crippen LogP contribution in [-0.4, -0.2) is 70.9 Å². The zero-order chi connectivity index (χ0) is 12.1. The number of aliphatic hydroxyl groups is 1. The van der Waals surface area contributed by atoms with E-state index in [4.69, 9.17) is 23.7 Å². The lowest BCUT2D eigenvalue weighted by atomic mass is 9.98. The Morgan fingerprint density at radius 3 is 1.94 bits per heavy atom. The highest BCUT2D eigenvalue weighted by Crippen LogP contribution is 2.25. The van der Waals surface area contributed by atoms with Gasteiger partial charge in [-0.05, 0) is 0 Å². The van der Waals surface area contributed by atoms with Crippen LogP contribution in [0.25, 0.3) is 0 Å². The molecule has 6 nitrogen and oxygen atoms in total. The van der Waals surface area contributed by atoms with Gasteiger partial charge in [0.05, 0.1) is 6.61 Å². The van der Waals surface area contributed by atoms with E-state index in [9.17, 15) is 5.11 Å². The molecule has 1 heterocycles. The summed E-state index contributed by atoms with van der Waals surface area (Å²) in [6.07, 6.45) is -2.71. The van der Waals surface area contributed by atoms with Gasteiger partial charge in [-0.3, -0.25) is 0 Å². The van der Waals surface area contributed by atoms with Gasteiger partial charge in [-0.2, -0.15) is 0 Å². The van der Waals surface area contributed by atoms with Crippen LogP contribution in [0.3, 0.4) is 0 Å². The molecule has 16 heavy (non-hydrogen) atoms. The van der Waals surface area contributed by atoms with Crippen molar-refractivity contribution in [3.05, 3.63) is 0 Å². The van der Waals surface area contributed by atoms with E-state index in [2.05, 4.69) is 0 Å². The first-order valence-corrected chi connectivity index (χ1v) is 5.10. The van der Waals surface area contributed by atoms with E-state index in [0.717, 1.165) is 0 Å². The molecule has 1 aliphatic heterocycles. The molecule has 1 aliphatic rings. The molecular weight excluding hydrogens is 216 g/mol. The zero-order valence-corrected chi connectivity index (χ0v) is 10.1. The highest BCUT2D eigenvalue weighted by Gasteiger charge is 2.46. The van der Waals surface area contributed by atoms with Gasteiger partial charge in [-0.15, -0.1) is 0 Å². The Hall–Kier alpha value is -0.240. The van der Waals surface area contributed by atoms with Crippen molar-refractivity contribution in [1.82, 2.24) is 0 Å². The van der Waals surface area contributed by atoms with E-state index < -0.39 is 12.4 Å². The second-order valence-electron chi connectivity index (χ2n) is 3.62. The minimum atomic E-state index is -1.04. The van der Waals surface area contributed by atoms with Crippen LogP contribution in [-0.2, 0) is 23.7 Å². The third kappa shape index (κ3) is 2.71. The molecule has 0 aromatic heterocycles.